The highest BCUT2D eigenvalue weighted by Crippen LogP contribution is 2.25. The lowest BCUT2D eigenvalue weighted by Gasteiger charge is -2.28. The zero-order valence-electron chi connectivity index (χ0n) is 42.4. The molecule has 0 saturated carbocycles. The van der Waals surface area contributed by atoms with E-state index in [4.69, 9.17) is 22.9 Å². The maximum Gasteiger partial charge on any atom is 0.244 e. The van der Waals surface area contributed by atoms with E-state index in [-0.39, 0.29) is 62.5 Å². The number of imidazole rings is 1. The molecule has 1 aliphatic heterocycles. The zero-order chi connectivity index (χ0) is 56.3. The molecular formula is C51H64FN15O9S2. The van der Waals surface area contributed by atoms with Gasteiger partial charge in [0, 0.05) is 66.3 Å². The number of nitrogens with zero attached hydrogens (tertiary/aromatic N) is 2. The van der Waals surface area contributed by atoms with Gasteiger partial charge in [-0.2, -0.15) is 0 Å². The molecule has 5 aromatic rings. The third-order valence-corrected chi connectivity index (χ3v) is 14.9. The van der Waals surface area contributed by atoms with Gasteiger partial charge in [-0.3, -0.25) is 43.3 Å². The maximum absolute atomic E-state index is 14.7. The molecule has 2 aromatic heterocycles. The molecule has 0 spiro atoms. The van der Waals surface area contributed by atoms with Crippen molar-refractivity contribution in [1.29, 1.82) is 0 Å². The number of primary amides is 1. The van der Waals surface area contributed by atoms with Crippen molar-refractivity contribution in [2.75, 3.05) is 18.1 Å². The monoisotopic (exact) mass is 1110 g/mol. The average molecular weight is 1110 g/mol. The van der Waals surface area contributed by atoms with Crippen molar-refractivity contribution in [2.24, 2.45) is 27.9 Å². The molecule has 416 valence electrons. The summed E-state index contributed by atoms with van der Waals surface area (Å²) in [4.78, 5) is 128. The van der Waals surface area contributed by atoms with Gasteiger partial charge in [0.05, 0.1) is 18.5 Å². The minimum Gasteiger partial charge on any atom is -0.391 e. The van der Waals surface area contributed by atoms with Crippen LogP contribution in [0, 0.1) is 5.82 Å². The van der Waals surface area contributed by atoms with Crippen LogP contribution in [0.2, 0.25) is 0 Å². The third kappa shape index (κ3) is 17.8. The second kappa shape index (κ2) is 28.9. The standard InChI is InChI=1S/C51H64FN15O9S2/c1-27(68)42(43(54)69)67-50(76)41-25-78-77-24-40(65-44(70)34(53)18-28-8-3-2-4-9-28)49(75)64-39(21-32-23-57-26-60-32)48(74)62-37(19-29-13-15-31(52)16-14-29)46(72)61-36(12-7-17-58-51(55)56)45(71)63-38(47(73)66-41)20-30-22-59-35-11-6-5-10-33(30)35/h2-6,8-11,13-16,22-23,26-27,34,36-42,59,68H,7,12,17-21,24-25,53H2,1H3,(H2,54,69)(H,57,60)(H,61,72)(H,62,74)(H,63,71)(H,64,75)(H,65,70)(H,66,73)(H,67,76)(H4,55,56,58)/t27-,34-,36+,37-,38+,39+,40+,41+,42+/m1/s1. The molecule has 0 radical (unpaired) electrons. The first-order valence-corrected chi connectivity index (χ1v) is 27.3. The molecule has 18 N–H and O–H groups in total. The lowest BCUT2D eigenvalue weighted by Crippen LogP contribution is -2.61. The number of nitrogens with one attached hydrogen (secondary N) is 9. The van der Waals surface area contributed by atoms with E-state index < -0.39 is 108 Å². The fourth-order valence-corrected chi connectivity index (χ4v) is 10.6. The van der Waals surface area contributed by atoms with E-state index in [0.717, 1.165) is 39.3 Å². The van der Waals surface area contributed by atoms with E-state index in [1.807, 2.05) is 0 Å². The van der Waals surface area contributed by atoms with Gasteiger partial charge < -0.3 is 75.2 Å². The first-order chi connectivity index (χ1) is 37.3. The van der Waals surface area contributed by atoms with Gasteiger partial charge in [0.1, 0.15) is 48.1 Å². The van der Waals surface area contributed by atoms with E-state index in [2.05, 4.69) is 57.2 Å². The van der Waals surface area contributed by atoms with Crippen LogP contribution in [0.25, 0.3) is 10.9 Å². The highest BCUT2D eigenvalue weighted by atomic mass is 33.1. The number of aliphatic hydroxyl groups is 1. The molecule has 0 unspecified atom stereocenters. The summed E-state index contributed by atoms with van der Waals surface area (Å²) in [5.41, 5.74) is 25.9. The van der Waals surface area contributed by atoms with Crippen LogP contribution in [0.4, 0.5) is 4.39 Å². The average Bonchev–Trinajstić information content (AvgIpc) is 4.09. The van der Waals surface area contributed by atoms with Gasteiger partial charge in [-0.25, -0.2) is 9.37 Å². The van der Waals surface area contributed by atoms with E-state index in [1.165, 1.54) is 31.6 Å². The molecule has 8 amide bonds. The number of amides is 8. The van der Waals surface area contributed by atoms with Crippen LogP contribution < -0.4 is 60.2 Å². The number of carbonyl (C=O) groups excluding carboxylic acids is 8. The van der Waals surface area contributed by atoms with Crippen molar-refractivity contribution in [1.82, 2.24) is 52.2 Å². The number of nitrogens with two attached hydrogens (primary N) is 4. The summed E-state index contributed by atoms with van der Waals surface area (Å²) in [5, 5.41) is 29.7. The highest BCUT2D eigenvalue weighted by Gasteiger charge is 2.36. The summed E-state index contributed by atoms with van der Waals surface area (Å²) in [5.74, 6) is -8.48. The van der Waals surface area contributed by atoms with Crippen LogP contribution in [-0.4, -0.2) is 146 Å². The molecule has 0 aliphatic carbocycles. The molecule has 3 heterocycles. The fraction of sp³-hybridized carbons (Fsp3) is 0.373. The van der Waals surface area contributed by atoms with Crippen molar-refractivity contribution in [3.05, 3.63) is 126 Å². The maximum atomic E-state index is 14.7. The molecule has 78 heavy (non-hydrogen) atoms. The minimum absolute atomic E-state index is 0.0115. The van der Waals surface area contributed by atoms with Gasteiger partial charge in [-0.15, -0.1) is 0 Å². The van der Waals surface area contributed by atoms with Gasteiger partial charge in [0.15, 0.2) is 5.96 Å². The predicted octanol–water partition coefficient (Wildman–Crippen LogP) is -1.66. The van der Waals surface area contributed by atoms with Gasteiger partial charge in [0.2, 0.25) is 47.3 Å². The molecule has 24 nitrogen and oxygen atoms in total. The van der Waals surface area contributed by atoms with E-state index >= 15 is 0 Å². The minimum atomic E-state index is -1.60. The zero-order valence-corrected chi connectivity index (χ0v) is 44.0. The Morgan fingerprint density at radius 1 is 0.756 bits per heavy atom. The number of carbonyl (C=O) groups is 8. The Kier molecular flexibility index (Phi) is 22.0. The van der Waals surface area contributed by atoms with Crippen molar-refractivity contribution in [3.63, 3.8) is 0 Å². The molecule has 6 rings (SSSR count). The molecule has 1 aliphatic rings. The topological polar surface area (TPSA) is 402 Å². The summed E-state index contributed by atoms with van der Waals surface area (Å²) < 4.78 is 14.2. The van der Waals surface area contributed by atoms with Gasteiger partial charge in [0.25, 0.3) is 0 Å². The second-order valence-electron chi connectivity index (χ2n) is 18.5. The second-order valence-corrected chi connectivity index (χ2v) is 21.0. The number of para-hydroxylation sites is 1. The van der Waals surface area contributed by atoms with Crippen LogP contribution in [0.5, 0.6) is 0 Å². The number of fused-ring (bicyclic) bond motifs is 1. The molecule has 3 aromatic carbocycles. The van der Waals surface area contributed by atoms with Crippen LogP contribution >= 0.6 is 21.6 Å². The van der Waals surface area contributed by atoms with Crippen molar-refractivity contribution < 1.29 is 47.9 Å². The van der Waals surface area contributed by atoms with Crippen LogP contribution in [0.1, 0.15) is 42.1 Å². The predicted molar refractivity (Wildman–Crippen MR) is 292 cm³/mol. The number of aromatic nitrogens is 3. The lowest BCUT2D eigenvalue weighted by molar-refractivity contribution is -0.135. The first-order valence-electron chi connectivity index (χ1n) is 24.8. The number of benzene rings is 3. The van der Waals surface area contributed by atoms with Gasteiger partial charge in [-0.05, 0) is 61.1 Å². The summed E-state index contributed by atoms with van der Waals surface area (Å²) in [6.45, 7) is 1.24. The Hall–Kier alpha value is -8.01. The number of rotatable bonds is 18. The lowest BCUT2D eigenvalue weighted by atomic mass is 10.0. The van der Waals surface area contributed by atoms with Crippen LogP contribution in [0.3, 0.4) is 0 Å². The number of halogens is 1. The Labute approximate surface area is 455 Å². The van der Waals surface area contributed by atoms with E-state index in [1.54, 1.807) is 60.8 Å². The third-order valence-electron chi connectivity index (χ3n) is 12.4. The van der Waals surface area contributed by atoms with Crippen LogP contribution in [0.15, 0.2) is 103 Å². The number of hydrogen-bond acceptors (Lipinski definition) is 14. The van der Waals surface area contributed by atoms with Gasteiger partial charge in [-0.1, -0.05) is 82.3 Å². The summed E-state index contributed by atoms with van der Waals surface area (Å²) in [7, 11) is 1.96. The largest absolute Gasteiger partial charge is 0.391 e. The fourth-order valence-electron chi connectivity index (χ4n) is 8.28. The van der Waals surface area contributed by atoms with E-state index in [9.17, 15) is 47.9 Å². The Morgan fingerprint density at radius 3 is 2.04 bits per heavy atom. The molecule has 0 bridgehead atoms. The Bertz CT molecular complexity index is 2890. The van der Waals surface area contributed by atoms with Crippen molar-refractivity contribution >= 4 is 85.7 Å². The number of hydrogen-bond donors (Lipinski definition) is 14. The highest BCUT2D eigenvalue weighted by molar-refractivity contribution is 8.76. The smallest absolute Gasteiger partial charge is 0.244 e. The number of guanidine groups is 1. The SMILES string of the molecule is C[C@@H](O)[C@H](NC(=O)[C@@H]1CSSC[C@H](NC(=O)[C@H](N)Cc2ccccc2)C(=O)N[C@@H](Cc2cnc[nH]2)C(=O)N[C@H](Cc2ccc(F)cc2)C(=O)N[C@@H](CCCN=C(N)N)C(=O)N[C@@H](Cc2c[nH]c3ccccc23)C(=O)N1)C(N)=O. The molecular weight excluding hydrogens is 1050 g/mol. The van der Waals surface area contributed by atoms with Crippen molar-refractivity contribution in [3.8, 4) is 0 Å². The van der Waals surface area contributed by atoms with E-state index in [0.29, 0.717) is 27.7 Å². The first kappa shape index (κ1) is 59.2. The summed E-state index contributed by atoms with van der Waals surface area (Å²) >= 11 is 0. The quantitative estimate of drug-likeness (QED) is 0.0202. The number of aliphatic imine (C=N–C) groups is 1. The summed E-state index contributed by atoms with van der Waals surface area (Å²) in [6.07, 6.45) is 2.41. The summed E-state index contributed by atoms with van der Waals surface area (Å²) in [6, 6.07) is 9.66. The molecule has 27 heteroatoms. The number of aliphatic hydroxyl groups excluding tert-OH is 1. The molecule has 9 atom stereocenters. The Morgan fingerprint density at radius 2 is 1.37 bits per heavy atom. The van der Waals surface area contributed by atoms with Crippen LogP contribution in [-0.2, 0) is 64.0 Å². The van der Waals surface area contributed by atoms with Crippen molar-refractivity contribution in [2.45, 2.75) is 99.9 Å². The number of H-pyrrole nitrogens is 2. The number of aromatic amines is 2. The molecule has 1 fully saturated rings. The van der Waals surface area contributed by atoms with Gasteiger partial charge >= 0.3 is 0 Å². The Balaban J connectivity index is 1.42. The molecule has 1 saturated heterocycles. The normalized spacial score (nSPS) is 21.3.